The number of hydrogen-bond acceptors (Lipinski definition) is 5. The minimum Gasteiger partial charge on any atom is -0.547 e. The summed E-state index contributed by atoms with van der Waals surface area (Å²) in [6.07, 6.45) is -1.50. The first kappa shape index (κ1) is 19.6. The van der Waals surface area contributed by atoms with Gasteiger partial charge in [-0.05, 0) is 42.0 Å². The largest absolute Gasteiger partial charge is 0.547 e. The van der Waals surface area contributed by atoms with Gasteiger partial charge in [0, 0.05) is 5.69 Å². The predicted octanol–water partition coefficient (Wildman–Crippen LogP) is 2.69. The third-order valence-electron chi connectivity index (χ3n) is 4.94. The second-order valence-corrected chi connectivity index (χ2v) is 6.88. The van der Waals surface area contributed by atoms with Crippen LogP contribution in [0, 0.1) is 11.7 Å². The van der Waals surface area contributed by atoms with Gasteiger partial charge in [0.25, 0.3) is 0 Å². The van der Waals surface area contributed by atoms with Gasteiger partial charge in [-0.1, -0.05) is 48.5 Å². The molecular weight excluding hydrogens is 387 g/mol. The Hall–Kier alpha value is -3.71. The molecule has 0 aromatic heterocycles. The number of carbonyl (C=O) groups excluding carboxylic acids is 2. The van der Waals surface area contributed by atoms with Crippen molar-refractivity contribution in [3.63, 3.8) is 0 Å². The van der Waals surface area contributed by atoms with Crippen LogP contribution in [-0.4, -0.2) is 18.0 Å². The van der Waals surface area contributed by atoms with Crippen LogP contribution in [0.15, 0.2) is 84.9 Å². The van der Waals surface area contributed by atoms with Crippen LogP contribution in [0.3, 0.4) is 0 Å². The zero-order chi connectivity index (χ0) is 21.1. The van der Waals surface area contributed by atoms with Crippen LogP contribution in [0.5, 0.6) is 0 Å². The number of para-hydroxylation sites is 1. The Labute approximate surface area is 172 Å². The van der Waals surface area contributed by atoms with Gasteiger partial charge in [-0.3, -0.25) is 9.63 Å². The number of anilines is 2. The number of carboxylic acids is 1. The molecule has 4 rings (SSSR count). The maximum absolute atomic E-state index is 13.2. The van der Waals surface area contributed by atoms with E-state index in [9.17, 15) is 19.1 Å². The van der Waals surface area contributed by atoms with Gasteiger partial charge in [-0.2, -0.15) is 0 Å². The molecule has 30 heavy (non-hydrogen) atoms. The van der Waals surface area contributed by atoms with Crippen LogP contribution in [-0.2, 0) is 14.4 Å². The topological polar surface area (TPSA) is 81.7 Å². The lowest BCUT2D eigenvalue weighted by molar-refractivity contribution is -0.316. The number of amides is 1. The molecule has 1 heterocycles. The van der Waals surface area contributed by atoms with Crippen molar-refractivity contribution in [2.45, 2.75) is 12.1 Å². The molecule has 3 aromatic carbocycles. The van der Waals surface area contributed by atoms with E-state index in [1.54, 1.807) is 48.5 Å². The van der Waals surface area contributed by atoms with Crippen molar-refractivity contribution in [2.24, 2.45) is 5.92 Å². The van der Waals surface area contributed by atoms with Gasteiger partial charge in [0.1, 0.15) is 11.9 Å². The van der Waals surface area contributed by atoms with Crippen molar-refractivity contribution < 1.29 is 23.9 Å². The summed E-state index contributed by atoms with van der Waals surface area (Å²) in [5.74, 6) is -3.61. The number of benzene rings is 3. The summed E-state index contributed by atoms with van der Waals surface area (Å²) in [6, 6.07) is 22.5. The summed E-state index contributed by atoms with van der Waals surface area (Å²) in [4.78, 5) is 30.8. The van der Waals surface area contributed by atoms with Gasteiger partial charge < -0.3 is 15.2 Å². The smallest absolute Gasteiger partial charge is 0.233 e. The quantitative estimate of drug-likeness (QED) is 0.706. The first-order valence-corrected chi connectivity index (χ1v) is 9.38. The fourth-order valence-electron chi connectivity index (χ4n) is 3.58. The molecule has 0 saturated carbocycles. The number of carboxylic acid groups (broad SMARTS) is 1. The highest BCUT2D eigenvalue weighted by Gasteiger charge is 2.49. The Morgan fingerprint density at radius 1 is 0.900 bits per heavy atom. The summed E-state index contributed by atoms with van der Waals surface area (Å²) < 4.78 is 13.2. The van der Waals surface area contributed by atoms with E-state index >= 15 is 0 Å². The van der Waals surface area contributed by atoms with Gasteiger partial charge in [-0.25, -0.2) is 9.45 Å². The first-order chi connectivity index (χ1) is 14.5. The molecule has 152 valence electrons. The molecule has 7 heteroatoms. The molecule has 0 bridgehead atoms. The normalized spacial score (nSPS) is 20.7. The number of carbonyl (C=O) groups is 2. The molecule has 3 aromatic rings. The number of nitrogens with zero attached hydrogens (tertiary/aromatic N) is 1. The molecule has 1 aliphatic rings. The van der Waals surface area contributed by atoms with E-state index in [4.69, 9.17) is 4.84 Å². The highest BCUT2D eigenvalue weighted by molar-refractivity contribution is 5.97. The van der Waals surface area contributed by atoms with E-state index in [0.717, 1.165) is 0 Å². The van der Waals surface area contributed by atoms with Gasteiger partial charge in [0.05, 0.1) is 23.6 Å². The van der Waals surface area contributed by atoms with Gasteiger partial charge in [-0.15, -0.1) is 0 Å². The van der Waals surface area contributed by atoms with Crippen molar-refractivity contribution in [2.75, 3.05) is 10.4 Å². The zero-order valence-electron chi connectivity index (χ0n) is 15.8. The van der Waals surface area contributed by atoms with Crippen LogP contribution in [0.25, 0.3) is 0 Å². The Morgan fingerprint density at radius 2 is 1.50 bits per heavy atom. The molecule has 0 aliphatic carbocycles. The van der Waals surface area contributed by atoms with Crippen molar-refractivity contribution >= 4 is 23.3 Å². The minimum atomic E-state index is -1.50. The van der Waals surface area contributed by atoms with E-state index in [2.05, 4.69) is 5.32 Å². The lowest BCUT2D eigenvalue weighted by atomic mass is 9.88. The van der Waals surface area contributed by atoms with E-state index < -0.39 is 35.8 Å². The second-order valence-electron chi connectivity index (χ2n) is 6.88. The molecule has 3 atom stereocenters. The Bertz CT molecular complexity index is 1030. The van der Waals surface area contributed by atoms with Crippen LogP contribution >= 0.6 is 0 Å². The fourth-order valence-corrected chi connectivity index (χ4v) is 3.58. The van der Waals surface area contributed by atoms with Crippen molar-refractivity contribution in [3.8, 4) is 0 Å². The summed E-state index contributed by atoms with van der Waals surface area (Å²) in [5.41, 5.74) is 1.67. The Kier molecular flexibility index (Phi) is 5.45. The van der Waals surface area contributed by atoms with E-state index in [-0.39, 0.29) is 0 Å². The van der Waals surface area contributed by atoms with Crippen LogP contribution in [0.2, 0.25) is 0 Å². The van der Waals surface area contributed by atoms with Gasteiger partial charge in [0.2, 0.25) is 5.91 Å². The maximum Gasteiger partial charge on any atom is 0.233 e. The maximum atomic E-state index is 13.2. The van der Waals surface area contributed by atoms with Crippen LogP contribution in [0.4, 0.5) is 15.8 Å². The Balaban J connectivity index is 1.74. The molecule has 0 radical (unpaired) electrons. The SMILES string of the molecule is O=C(Nc1ccc(F)cc1)[C@@H]1[C@H](C(=O)[O-])ON(c2ccccc2)[C@H]1c1ccccc1. The third kappa shape index (κ3) is 3.88. The fraction of sp³-hybridized carbons (Fsp3) is 0.130. The molecular formula is C23H18FN2O4-. The molecule has 6 nitrogen and oxygen atoms in total. The number of rotatable bonds is 5. The third-order valence-corrected chi connectivity index (χ3v) is 4.94. The van der Waals surface area contributed by atoms with Crippen LogP contribution < -0.4 is 15.5 Å². The first-order valence-electron chi connectivity index (χ1n) is 9.38. The van der Waals surface area contributed by atoms with Crippen molar-refractivity contribution in [1.82, 2.24) is 0 Å². The summed E-state index contributed by atoms with van der Waals surface area (Å²) >= 11 is 0. The molecule has 1 saturated heterocycles. The lowest BCUT2D eigenvalue weighted by Crippen LogP contribution is -2.44. The lowest BCUT2D eigenvalue weighted by Gasteiger charge is -2.27. The molecule has 1 aliphatic heterocycles. The zero-order valence-corrected chi connectivity index (χ0v) is 15.8. The highest BCUT2D eigenvalue weighted by Crippen LogP contribution is 2.42. The van der Waals surface area contributed by atoms with E-state index in [1.165, 1.54) is 29.3 Å². The Morgan fingerprint density at radius 3 is 2.10 bits per heavy atom. The number of nitrogens with one attached hydrogen (secondary N) is 1. The van der Waals surface area contributed by atoms with Gasteiger partial charge in [0.15, 0.2) is 0 Å². The van der Waals surface area contributed by atoms with E-state index in [0.29, 0.717) is 16.9 Å². The second kappa shape index (κ2) is 8.34. The summed E-state index contributed by atoms with van der Waals surface area (Å²) in [7, 11) is 0. The van der Waals surface area contributed by atoms with Gasteiger partial charge >= 0.3 is 0 Å². The van der Waals surface area contributed by atoms with Crippen LogP contribution in [0.1, 0.15) is 11.6 Å². The average molecular weight is 405 g/mol. The number of hydroxylamine groups is 1. The molecule has 1 N–H and O–H groups in total. The molecule has 0 unspecified atom stereocenters. The number of halogens is 1. The summed E-state index contributed by atoms with van der Waals surface area (Å²) in [6.45, 7) is 0. The predicted molar refractivity (Wildman–Crippen MR) is 107 cm³/mol. The summed E-state index contributed by atoms with van der Waals surface area (Å²) in [5, 5.41) is 16.0. The monoisotopic (exact) mass is 405 g/mol. The minimum absolute atomic E-state index is 0.350. The van der Waals surface area contributed by atoms with E-state index in [1.807, 2.05) is 12.1 Å². The number of hydrogen-bond donors (Lipinski definition) is 1. The van der Waals surface area contributed by atoms with Crippen molar-refractivity contribution in [3.05, 3.63) is 96.3 Å². The number of aliphatic carboxylic acids is 1. The molecule has 1 fully saturated rings. The highest BCUT2D eigenvalue weighted by atomic mass is 19.1. The van der Waals surface area contributed by atoms with Crippen molar-refractivity contribution in [1.29, 1.82) is 0 Å². The molecule has 0 spiro atoms. The standard InChI is InChI=1S/C23H19FN2O4/c24-16-11-13-17(14-12-16)25-22(27)19-20(15-7-3-1-4-8-15)26(30-21(19)23(28)29)18-9-5-2-6-10-18/h1-14,19-21H,(H,25,27)(H,28,29)/p-1/t19-,20-,21+/m0/s1. The molecule has 1 amide bonds. The average Bonchev–Trinajstić information content (AvgIpc) is 3.18.